The van der Waals surface area contributed by atoms with Crippen LogP contribution in [0, 0.1) is 0 Å². The molecule has 3 nitrogen and oxygen atoms in total. The van der Waals surface area contributed by atoms with Crippen molar-refractivity contribution in [1.29, 1.82) is 0 Å². The highest BCUT2D eigenvalue weighted by Crippen LogP contribution is 2.58. The van der Waals surface area contributed by atoms with Gasteiger partial charge >= 0.3 is 5.51 Å². The Kier molecular flexibility index (Phi) is 3.06. The standard InChI is InChI=1S/C5H11F3O3S/c1-4(2,3)11-12(9,10)5(6,7)8/h9-10H,1-3H3. The largest absolute Gasteiger partial charge is 0.493 e. The minimum atomic E-state index is -5.12. The second-order valence-electron chi connectivity index (χ2n) is 3.14. The maximum atomic E-state index is 11.8. The summed E-state index contributed by atoms with van der Waals surface area (Å²) in [5.74, 6) is 0. The first-order chi connectivity index (χ1) is 4.96. The Morgan fingerprint density at radius 1 is 1.08 bits per heavy atom. The van der Waals surface area contributed by atoms with Gasteiger partial charge in [-0.2, -0.15) is 13.2 Å². The van der Waals surface area contributed by atoms with E-state index in [1.165, 1.54) is 20.8 Å². The van der Waals surface area contributed by atoms with Crippen molar-refractivity contribution in [3.05, 3.63) is 0 Å². The second kappa shape index (κ2) is 3.06. The van der Waals surface area contributed by atoms with E-state index in [0.717, 1.165) is 0 Å². The molecule has 0 saturated carbocycles. The average Bonchev–Trinajstić information content (AvgIpc) is 1.52. The van der Waals surface area contributed by atoms with E-state index in [9.17, 15) is 13.2 Å². The van der Waals surface area contributed by atoms with Crippen LogP contribution in [0.4, 0.5) is 13.2 Å². The molecule has 0 fully saturated rings. The highest BCUT2D eigenvalue weighted by Gasteiger charge is 2.52. The van der Waals surface area contributed by atoms with Gasteiger partial charge < -0.3 is 9.11 Å². The predicted octanol–water partition coefficient (Wildman–Crippen LogP) is 2.99. The highest BCUT2D eigenvalue weighted by atomic mass is 32.3. The zero-order valence-electron chi connectivity index (χ0n) is 6.84. The molecule has 0 heterocycles. The van der Waals surface area contributed by atoms with Crippen LogP contribution in [0.25, 0.3) is 0 Å². The first-order valence-electron chi connectivity index (χ1n) is 3.01. The fraction of sp³-hybridized carbons (Fsp3) is 1.00. The van der Waals surface area contributed by atoms with Crippen LogP contribution in [0.5, 0.6) is 0 Å². The molecule has 0 radical (unpaired) electrons. The number of rotatable bonds is 1. The maximum Gasteiger partial charge on any atom is 0.493 e. The Morgan fingerprint density at radius 3 is 1.50 bits per heavy atom. The molecule has 0 aromatic carbocycles. The Hall–Kier alpha value is 0.0200. The van der Waals surface area contributed by atoms with E-state index in [2.05, 4.69) is 4.18 Å². The van der Waals surface area contributed by atoms with Crippen LogP contribution in [0.15, 0.2) is 0 Å². The Bertz CT molecular complexity index is 160. The molecule has 0 aromatic rings. The molecular formula is C5H11F3O3S. The van der Waals surface area contributed by atoms with Crippen LogP contribution >= 0.6 is 10.9 Å². The van der Waals surface area contributed by atoms with Gasteiger partial charge in [-0.1, -0.05) is 0 Å². The fourth-order valence-electron chi connectivity index (χ4n) is 0.396. The van der Waals surface area contributed by atoms with Crippen LogP contribution in [-0.2, 0) is 4.18 Å². The molecule has 0 atom stereocenters. The summed E-state index contributed by atoms with van der Waals surface area (Å²) >= 11 is 0. The minimum Gasteiger partial charge on any atom is -0.301 e. The minimum absolute atomic E-state index is 1.24. The molecule has 2 N–H and O–H groups in total. The summed E-state index contributed by atoms with van der Waals surface area (Å²) in [5, 5.41) is 0. The van der Waals surface area contributed by atoms with Crippen LogP contribution in [-0.4, -0.2) is 20.2 Å². The summed E-state index contributed by atoms with van der Waals surface area (Å²) in [6.07, 6.45) is 0. The zero-order chi connectivity index (χ0) is 10.2. The van der Waals surface area contributed by atoms with E-state index in [1.54, 1.807) is 0 Å². The third-order valence-corrected chi connectivity index (χ3v) is 2.00. The smallest absolute Gasteiger partial charge is 0.301 e. The lowest BCUT2D eigenvalue weighted by Gasteiger charge is -2.34. The monoisotopic (exact) mass is 208 g/mol. The van der Waals surface area contributed by atoms with Gasteiger partial charge in [0, 0.05) is 0 Å². The van der Waals surface area contributed by atoms with Gasteiger partial charge in [0.15, 0.2) is 10.9 Å². The second-order valence-corrected chi connectivity index (χ2v) is 4.76. The number of hydrogen-bond acceptors (Lipinski definition) is 3. The highest BCUT2D eigenvalue weighted by molar-refractivity contribution is 8.21. The van der Waals surface area contributed by atoms with Crippen LogP contribution in [0.3, 0.4) is 0 Å². The molecule has 0 saturated heterocycles. The van der Waals surface area contributed by atoms with Gasteiger partial charge in [0.2, 0.25) is 0 Å². The van der Waals surface area contributed by atoms with Gasteiger partial charge in [-0.25, -0.2) is 0 Å². The summed E-state index contributed by atoms with van der Waals surface area (Å²) in [4.78, 5) is 0. The van der Waals surface area contributed by atoms with Crippen LogP contribution < -0.4 is 0 Å². The fourth-order valence-corrected chi connectivity index (χ4v) is 1.19. The van der Waals surface area contributed by atoms with Gasteiger partial charge in [-0.15, -0.1) is 0 Å². The summed E-state index contributed by atoms with van der Waals surface area (Å²) in [5.41, 5.74) is -6.37. The van der Waals surface area contributed by atoms with Crippen molar-refractivity contribution in [1.82, 2.24) is 0 Å². The van der Waals surface area contributed by atoms with Gasteiger partial charge in [0.05, 0.1) is 5.60 Å². The van der Waals surface area contributed by atoms with Crippen molar-refractivity contribution in [2.75, 3.05) is 0 Å². The van der Waals surface area contributed by atoms with E-state index in [0.29, 0.717) is 0 Å². The SMILES string of the molecule is CC(C)(C)OS(O)(O)C(F)(F)F. The van der Waals surface area contributed by atoms with E-state index in [4.69, 9.17) is 9.11 Å². The molecule has 12 heavy (non-hydrogen) atoms. The van der Waals surface area contributed by atoms with Crippen molar-refractivity contribution in [3.63, 3.8) is 0 Å². The van der Waals surface area contributed by atoms with Gasteiger partial charge in [-0.3, -0.25) is 4.18 Å². The van der Waals surface area contributed by atoms with Crippen molar-refractivity contribution >= 4 is 10.9 Å². The van der Waals surface area contributed by atoms with Crippen molar-refractivity contribution in [2.24, 2.45) is 0 Å². The zero-order valence-corrected chi connectivity index (χ0v) is 7.66. The first kappa shape index (κ1) is 12.0. The molecule has 7 heteroatoms. The van der Waals surface area contributed by atoms with E-state index >= 15 is 0 Å². The molecular weight excluding hydrogens is 197 g/mol. The lowest BCUT2D eigenvalue weighted by atomic mass is 10.2. The molecule has 0 aliphatic carbocycles. The van der Waals surface area contributed by atoms with Gasteiger partial charge in [-0.05, 0) is 20.8 Å². The van der Waals surface area contributed by atoms with Crippen molar-refractivity contribution in [2.45, 2.75) is 31.9 Å². The summed E-state index contributed by atoms with van der Waals surface area (Å²) in [6.45, 7) is 3.90. The number of hydrogen-bond donors (Lipinski definition) is 2. The molecule has 0 rings (SSSR count). The Labute approximate surface area is 70.1 Å². The van der Waals surface area contributed by atoms with Crippen molar-refractivity contribution < 1.29 is 26.5 Å². The third kappa shape index (κ3) is 3.61. The van der Waals surface area contributed by atoms with E-state index < -0.39 is 22.0 Å². The lowest BCUT2D eigenvalue weighted by molar-refractivity contribution is -0.0756. The molecule has 0 unspecified atom stereocenters. The summed E-state index contributed by atoms with van der Waals surface area (Å²) in [6, 6.07) is 0. The molecule has 0 bridgehead atoms. The molecule has 0 spiro atoms. The topological polar surface area (TPSA) is 49.7 Å². The molecule has 0 aliphatic heterocycles. The molecule has 0 amide bonds. The normalized spacial score (nSPS) is 16.3. The number of alkyl halides is 3. The third-order valence-electron chi connectivity index (χ3n) is 0.668. The Morgan fingerprint density at radius 2 is 1.42 bits per heavy atom. The summed E-state index contributed by atoms with van der Waals surface area (Å²) < 4.78 is 56.3. The number of halogens is 3. The van der Waals surface area contributed by atoms with Crippen LogP contribution in [0.2, 0.25) is 0 Å². The van der Waals surface area contributed by atoms with Gasteiger partial charge in [0.25, 0.3) is 0 Å². The summed E-state index contributed by atoms with van der Waals surface area (Å²) in [7, 11) is -4.96. The molecule has 76 valence electrons. The lowest BCUT2D eigenvalue weighted by Crippen LogP contribution is -2.30. The molecule has 0 aromatic heterocycles. The van der Waals surface area contributed by atoms with E-state index in [-0.39, 0.29) is 0 Å². The van der Waals surface area contributed by atoms with Gasteiger partial charge in [0.1, 0.15) is 0 Å². The predicted molar refractivity (Wildman–Crippen MR) is 39.7 cm³/mol. The maximum absolute atomic E-state index is 11.8. The molecule has 0 aliphatic rings. The van der Waals surface area contributed by atoms with Crippen LogP contribution in [0.1, 0.15) is 20.8 Å². The van der Waals surface area contributed by atoms with Crippen molar-refractivity contribution in [3.8, 4) is 0 Å². The quantitative estimate of drug-likeness (QED) is 0.696. The first-order valence-corrected chi connectivity index (χ1v) is 4.48. The Balaban J connectivity index is 4.44. The average molecular weight is 208 g/mol. The van der Waals surface area contributed by atoms with E-state index in [1.807, 2.05) is 0 Å².